The molecule has 2 rings (SSSR count). The van der Waals surface area contributed by atoms with Crippen molar-refractivity contribution in [2.75, 3.05) is 6.54 Å². The number of nitrogens with zero attached hydrogens (tertiary/aromatic N) is 1. The van der Waals surface area contributed by atoms with Crippen molar-refractivity contribution in [3.05, 3.63) is 51.0 Å². The topological polar surface area (TPSA) is 42.0 Å². The quantitative estimate of drug-likeness (QED) is 0.942. The first-order chi connectivity index (χ1) is 9.47. The molecule has 0 atom stereocenters. The van der Waals surface area contributed by atoms with E-state index in [9.17, 15) is 13.6 Å². The van der Waals surface area contributed by atoms with Crippen LogP contribution < -0.4 is 5.32 Å². The monoisotopic (exact) mass is 296 g/mol. The molecule has 106 valence electrons. The lowest BCUT2D eigenvalue weighted by Crippen LogP contribution is -2.25. The molecule has 0 fully saturated rings. The summed E-state index contributed by atoms with van der Waals surface area (Å²) in [6.07, 6.45) is 0.673. The van der Waals surface area contributed by atoms with Crippen molar-refractivity contribution in [1.29, 1.82) is 0 Å². The maximum atomic E-state index is 13.0. The van der Waals surface area contributed by atoms with E-state index in [0.717, 1.165) is 27.7 Å². The van der Waals surface area contributed by atoms with Gasteiger partial charge in [-0.25, -0.2) is 13.8 Å². The largest absolute Gasteiger partial charge is 0.352 e. The standard InChI is InChI=1S/C14H14F2N2OS/c1-8-13(20-9(2)18-8)5-6-17-14(19)10-3-4-11(15)12(16)7-10/h3-4,7H,5-6H2,1-2H3,(H,17,19). The van der Waals surface area contributed by atoms with Gasteiger partial charge in [-0.15, -0.1) is 11.3 Å². The molecule has 3 nitrogen and oxygen atoms in total. The summed E-state index contributed by atoms with van der Waals surface area (Å²) in [5, 5.41) is 3.67. The number of thiazole rings is 1. The van der Waals surface area contributed by atoms with Gasteiger partial charge in [-0.1, -0.05) is 0 Å². The van der Waals surface area contributed by atoms with Crippen molar-refractivity contribution in [2.45, 2.75) is 20.3 Å². The Bertz CT molecular complexity index is 640. The minimum atomic E-state index is -1.02. The number of rotatable bonds is 4. The number of hydrogen-bond acceptors (Lipinski definition) is 3. The van der Waals surface area contributed by atoms with Crippen molar-refractivity contribution in [1.82, 2.24) is 10.3 Å². The molecule has 1 amide bonds. The molecule has 1 aromatic heterocycles. The number of benzene rings is 1. The van der Waals surface area contributed by atoms with Gasteiger partial charge in [0, 0.05) is 23.4 Å². The summed E-state index contributed by atoms with van der Waals surface area (Å²) in [6, 6.07) is 3.10. The van der Waals surface area contributed by atoms with Gasteiger partial charge >= 0.3 is 0 Å². The van der Waals surface area contributed by atoms with Crippen molar-refractivity contribution < 1.29 is 13.6 Å². The van der Waals surface area contributed by atoms with E-state index in [2.05, 4.69) is 10.3 Å². The molecule has 2 aromatic rings. The number of amides is 1. The second-order valence-corrected chi connectivity index (χ2v) is 5.66. The van der Waals surface area contributed by atoms with Crippen LogP contribution in [-0.2, 0) is 6.42 Å². The van der Waals surface area contributed by atoms with Crippen molar-refractivity contribution in [3.8, 4) is 0 Å². The summed E-state index contributed by atoms with van der Waals surface area (Å²) in [5.41, 5.74) is 1.08. The fourth-order valence-corrected chi connectivity index (χ4v) is 2.77. The van der Waals surface area contributed by atoms with Crippen LogP contribution >= 0.6 is 11.3 Å². The molecule has 1 aromatic carbocycles. The smallest absolute Gasteiger partial charge is 0.251 e. The van der Waals surface area contributed by atoms with Crippen LogP contribution in [0.5, 0.6) is 0 Å². The minimum Gasteiger partial charge on any atom is -0.352 e. The Morgan fingerprint density at radius 3 is 2.65 bits per heavy atom. The molecule has 0 bridgehead atoms. The number of carbonyl (C=O) groups is 1. The number of hydrogen-bond donors (Lipinski definition) is 1. The van der Waals surface area contributed by atoms with Crippen LogP contribution in [0.25, 0.3) is 0 Å². The predicted molar refractivity (Wildman–Crippen MR) is 74.0 cm³/mol. The van der Waals surface area contributed by atoms with E-state index in [4.69, 9.17) is 0 Å². The van der Waals surface area contributed by atoms with Gasteiger partial charge < -0.3 is 5.32 Å². The maximum Gasteiger partial charge on any atom is 0.251 e. The first kappa shape index (κ1) is 14.6. The molecule has 0 saturated carbocycles. The molecule has 0 spiro atoms. The zero-order valence-electron chi connectivity index (χ0n) is 11.2. The summed E-state index contributed by atoms with van der Waals surface area (Å²) >= 11 is 1.59. The SMILES string of the molecule is Cc1nc(C)c(CCNC(=O)c2ccc(F)c(F)c2)s1. The van der Waals surface area contributed by atoms with Crippen LogP contribution in [0.3, 0.4) is 0 Å². The van der Waals surface area contributed by atoms with E-state index in [1.807, 2.05) is 13.8 Å². The third-order valence-corrected chi connectivity index (χ3v) is 3.95. The van der Waals surface area contributed by atoms with Gasteiger partial charge in [0.05, 0.1) is 10.7 Å². The van der Waals surface area contributed by atoms with Gasteiger partial charge in [-0.3, -0.25) is 4.79 Å². The highest BCUT2D eigenvalue weighted by Crippen LogP contribution is 2.17. The van der Waals surface area contributed by atoms with Crippen LogP contribution in [0.15, 0.2) is 18.2 Å². The first-order valence-corrected chi connectivity index (χ1v) is 6.95. The summed E-state index contributed by atoms with van der Waals surface area (Å²) in [5.74, 6) is -2.40. The zero-order chi connectivity index (χ0) is 14.7. The molecule has 1 N–H and O–H groups in total. The van der Waals surface area contributed by atoms with Gasteiger partial charge in [0.15, 0.2) is 11.6 Å². The van der Waals surface area contributed by atoms with Gasteiger partial charge in [-0.2, -0.15) is 0 Å². The van der Waals surface area contributed by atoms with E-state index in [-0.39, 0.29) is 5.56 Å². The lowest BCUT2D eigenvalue weighted by atomic mass is 10.2. The molecular weight excluding hydrogens is 282 g/mol. The average molecular weight is 296 g/mol. The van der Waals surface area contributed by atoms with Crippen LogP contribution in [0.1, 0.15) is 25.9 Å². The molecule has 6 heteroatoms. The van der Waals surface area contributed by atoms with E-state index in [0.29, 0.717) is 13.0 Å². The minimum absolute atomic E-state index is 0.112. The average Bonchev–Trinajstić information content (AvgIpc) is 2.71. The number of aromatic nitrogens is 1. The van der Waals surface area contributed by atoms with Crippen LogP contribution in [0.2, 0.25) is 0 Å². The molecular formula is C14H14F2N2OS. The second kappa shape index (κ2) is 6.09. The fraction of sp³-hybridized carbons (Fsp3) is 0.286. The summed E-state index contributed by atoms with van der Waals surface area (Å²) < 4.78 is 25.8. The van der Waals surface area contributed by atoms with Crippen LogP contribution in [-0.4, -0.2) is 17.4 Å². The van der Waals surface area contributed by atoms with Gasteiger partial charge in [0.25, 0.3) is 5.91 Å². The Hall–Kier alpha value is -1.82. The fourth-order valence-electron chi connectivity index (χ4n) is 1.83. The number of halogens is 2. The highest BCUT2D eigenvalue weighted by Gasteiger charge is 2.10. The number of carbonyl (C=O) groups excluding carboxylic acids is 1. The Morgan fingerprint density at radius 2 is 2.05 bits per heavy atom. The lowest BCUT2D eigenvalue weighted by Gasteiger charge is -2.05. The molecule has 0 aliphatic rings. The number of aryl methyl sites for hydroxylation is 2. The normalized spacial score (nSPS) is 10.6. The molecule has 0 unspecified atom stereocenters. The lowest BCUT2D eigenvalue weighted by molar-refractivity contribution is 0.0953. The third kappa shape index (κ3) is 3.39. The Kier molecular flexibility index (Phi) is 4.44. The number of nitrogens with one attached hydrogen (secondary N) is 1. The van der Waals surface area contributed by atoms with Crippen molar-refractivity contribution in [2.24, 2.45) is 0 Å². The van der Waals surface area contributed by atoms with Gasteiger partial charge in [-0.05, 0) is 32.0 Å². The third-order valence-electron chi connectivity index (χ3n) is 2.82. The predicted octanol–water partition coefficient (Wildman–Crippen LogP) is 3.01. The van der Waals surface area contributed by atoms with Gasteiger partial charge in [0.1, 0.15) is 0 Å². The molecule has 0 radical (unpaired) electrons. The summed E-state index contributed by atoms with van der Waals surface area (Å²) in [6.45, 7) is 4.29. The highest BCUT2D eigenvalue weighted by atomic mass is 32.1. The Balaban J connectivity index is 1.92. The van der Waals surface area contributed by atoms with Crippen LogP contribution in [0, 0.1) is 25.5 Å². The van der Waals surface area contributed by atoms with Crippen molar-refractivity contribution in [3.63, 3.8) is 0 Å². The van der Waals surface area contributed by atoms with E-state index >= 15 is 0 Å². The van der Waals surface area contributed by atoms with E-state index in [1.54, 1.807) is 11.3 Å². The molecule has 1 heterocycles. The molecule has 0 aliphatic carbocycles. The first-order valence-electron chi connectivity index (χ1n) is 6.13. The van der Waals surface area contributed by atoms with Crippen molar-refractivity contribution >= 4 is 17.2 Å². The maximum absolute atomic E-state index is 13.0. The zero-order valence-corrected chi connectivity index (χ0v) is 12.0. The molecule has 0 saturated heterocycles. The van der Waals surface area contributed by atoms with E-state index < -0.39 is 17.5 Å². The second-order valence-electron chi connectivity index (χ2n) is 4.38. The van der Waals surface area contributed by atoms with Crippen LogP contribution in [0.4, 0.5) is 8.78 Å². The van der Waals surface area contributed by atoms with Gasteiger partial charge in [0.2, 0.25) is 0 Å². The summed E-state index contributed by atoms with van der Waals surface area (Å²) in [4.78, 5) is 17.2. The Morgan fingerprint density at radius 1 is 1.30 bits per heavy atom. The highest BCUT2D eigenvalue weighted by molar-refractivity contribution is 7.11. The van der Waals surface area contributed by atoms with E-state index in [1.165, 1.54) is 6.07 Å². The Labute approximate surface area is 119 Å². The molecule has 20 heavy (non-hydrogen) atoms. The summed E-state index contributed by atoms with van der Waals surface area (Å²) in [7, 11) is 0. The molecule has 0 aliphatic heterocycles.